The summed E-state index contributed by atoms with van der Waals surface area (Å²) in [5.41, 5.74) is 1.90. The maximum atomic E-state index is 11.7. The summed E-state index contributed by atoms with van der Waals surface area (Å²) in [4.78, 5) is 4.28. The van der Waals surface area contributed by atoms with Crippen molar-refractivity contribution in [2.45, 2.75) is 0 Å². The number of aliphatic imine (C=N–C) groups is 1. The largest absolute Gasteiger partial charge is 0.872 e. The van der Waals surface area contributed by atoms with Crippen molar-refractivity contribution < 1.29 is 5.11 Å². The van der Waals surface area contributed by atoms with Crippen molar-refractivity contribution in [3.63, 3.8) is 0 Å². The van der Waals surface area contributed by atoms with E-state index in [0.29, 0.717) is 22.1 Å². The Morgan fingerprint density at radius 1 is 1.19 bits per heavy atom. The molecule has 21 heavy (non-hydrogen) atoms. The third-order valence-electron chi connectivity index (χ3n) is 2.77. The first-order valence-corrected chi connectivity index (χ1v) is 6.45. The molecule has 0 atom stereocenters. The predicted molar refractivity (Wildman–Crippen MR) is 77.8 cm³/mol. The van der Waals surface area contributed by atoms with Crippen LogP contribution in [0.3, 0.4) is 0 Å². The molecule has 0 saturated carbocycles. The van der Waals surface area contributed by atoms with Gasteiger partial charge in [-0.25, -0.2) is 0 Å². The first-order chi connectivity index (χ1) is 10.2. The van der Waals surface area contributed by atoms with Crippen molar-refractivity contribution in [1.29, 1.82) is 0 Å². The van der Waals surface area contributed by atoms with Crippen molar-refractivity contribution >= 4 is 23.5 Å². The molecule has 0 amide bonds. The van der Waals surface area contributed by atoms with E-state index in [0.717, 1.165) is 5.56 Å². The Bertz CT molecular complexity index is 786. The molecule has 1 N–H and O–H groups in total. The number of aromatic nitrogens is 4. The molecule has 0 aliphatic carbocycles. The Kier molecular flexibility index (Phi) is 3.61. The van der Waals surface area contributed by atoms with Gasteiger partial charge in [-0.3, -0.25) is 4.99 Å². The quantitative estimate of drug-likeness (QED) is 0.751. The summed E-state index contributed by atoms with van der Waals surface area (Å²) < 4.78 is 0. The molecule has 0 unspecified atom stereocenters. The Morgan fingerprint density at radius 3 is 2.90 bits per heavy atom. The van der Waals surface area contributed by atoms with Gasteiger partial charge in [0.2, 0.25) is 5.82 Å². The van der Waals surface area contributed by atoms with Gasteiger partial charge in [-0.15, -0.1) is 10.2 Å². The van der Waals surface area contributed by atoms with E-state index in [4.69, 9.17) is 11.6 Å². The average molecular weight is 299 g/mol. The molecule has 6 nitrogen and oxygen atoms in total. The number of H-pyrrole nitrogens is 1. The van der Waals surface area contributed by atoms with E-state index in [2.05, 4.69) is 25.6 Å². The smallest absolute Gasteiger partial charge is 0.204 e. The summed E-state index contributed by atoms with van der Waals surface area (Å²) in [5.74, 6) is 0.358. The molecule has 2 aromatic carbocycles. The molecule has 3 rings (SSSR count). The standard InChI is InChI=1S/C14H10ClN5O/c15-11-4-5-13(21)10(6-11)8-16-12-3-1-2-9(7-12)14-17-19-20-18-14/h1-8,21H,(H,17,18,19,20)/p-1. The first kappa shape index (κ1) is 13.3. The van der Waals surface area contributed by atoms with E-state index < -0.39 is 0 Å². The Balaban J connectivity index is 1.90. The second kappa shape index (κ2) is 5.72. The molecule has 7 heteroatoms. The fourth-order valence-electron chi connectivity index (χ4n) is 1.77. The minimum atomic E-state index is -0.127. The molecule has 1 heterocycles. The van der Waals surface area contributed by atoms with Gasteiger partial charge in [-0.2, -0.15) is 5.21 Å². The lowest BCUT2D eigenvalue weighted by Crippen LogP contribution is -1.95. The average Bonchev–Trinajstić information content (AvgIpc) is 3.03. The van der Waals surface area contributed by atoms with Crippen LogP contribution in [0.1, 0.15) is 5.56 Å². The topological polar surface area (TPSA) is 89.9 Å². The van der Waals surface area contributed by atoms with Crippen molar-refractivity contribution in [2.24, 2.45) is 4.99 Å². The molecule has 1 aromatic heterocycles. The number of hydrogen-bond donors (Lipinski definition) is 1. The van der Waals surface area contributed by atoms with Gasteiger partial charge in [0.05, 0.1) is 5.69 Å². The van der Waals surface area contributed by atoms with Crippen LogP contribution in [0.5, 0.6) is 5.75 Å². The Hall–Kier alpha value is -2.73. The second-order valence-electron chi connectivity index (χ2n) is 4.23. The lowest BCUT2D eigenvalue weighted by Gasteiger charge is -2.09. The maximum Gasteiger partial charge on any atom is 0.204 e. The van der Waals surface area contributed by atoms with Crippen LogP contribution < -0.4 is 5.11 Å². The van der Waals surface area contributed by atoms with E-state index in [1.54, 1.807) is 18.2 Å². The fraction of sp³-hybridized carbons (Fsp3) is 0. The van der Waals surface area contributed by atoms with Gasteiger partial charge in [0.25, 0.3) is 0 Å². The molecule has 0 bridgehead atoms. The molecule has 0 aliphatic rings. The Labute approximate surface area is 125 Å². The number of tetrazole rings is 1. The molecule has 0 spiro atoms. The predicted octanol–water partition coefficient (Wildman–Crippen LogP) is 2.34. The minimum Gasteiger partial charge on any atom is -0.872 e. The van der Waals surface area contributed by atoms with Gasteiger partial charge in [0.15, 0.2) is 0 Å². The van der Waals surface area contributed by atoms with E-state index in [1.807, 2.05) is 18.2 Å². The zero-order chi connectivity index (χ0) is 14.7. The fourth-order valence-corrected chi connectivity index (χ4v) is 1.95. The van der Waals surface area contributed by atoms with Gasteiger partial charge >= 0.3 is 0 Å². The highest BCUT2D eigenvalue weighted by Crippen LogP contribution is 2.22. The highest BCUT2D eigenvalue weighted by atomic mass is 35.5. The molecular weight excluding hydrogens is 290 g/mol. The summed E-state index contributed by atoms with van der Waals surface area (Å²) in [6, 6.07) is 11.8. The second-order valence-corrected chi connectivity index (χ2v) is 4.66. The van der Waals surface area contributed by atoms with Crippen LogP contribution in [0.15, 0.2) is 47.5 Å². The van der Waals surface area contributed by atoms with Gasteiger partial charge < -0.3 is 5.11 Å². The molecule has 0 saturated heterocycles. The first-order valence-electron chi connectivity index (χ1n) is 6.07. The Morgan fingerprint density at radius 2 is 2.10 bits per heavy atom. The van der Waals surface area contributed by atoms with Gasteiger partial charge in [0.1, 0.15) is 0 Å². The van der Waals surface area contributed by atoms with Crippen LogP contribution in [0, 0.1) is 0 Å². The third-order valence-corrected chi connectivity index (χ3v) is 3.01. The van der Waals surface area contributed by atoms with Gasteiger partial charge in [0, 0.05) is 16.8 Å². The highest BCUT2D eigenvalue weighted by Gasteiger charge is 2.02. The lowest BCUT2D eigenvalue weighted by atomic mass is 10.2. The summed E-state index contributed by atoms with van der Waals surface area (Å²) in [7, 11) is 0. The zero-order valence-electron chi connectivity index (χ0n) is 10.7. The molecule has 104 valence electrons. The number of nitrogens with one attached hydrogen (secondary N) is 1. The molecular formula is C14H9ClN5O-. The SMILES string of the molecule is [O-]c1ccc(Cl)cc1C=Nc1cccc(-c2nn[nH]n2)c1. The maximum absolute atomic E-state index is 11.7. The van der Waals surface area contributed by atoms with Crippen molar-refractivity contribution in [2.75, 3.05) is 0 Å². The van der Waals surface area contributed by atoms with E-state index in [1.165, 1.54) is 12.3 Å². The van der Waals surface area contributed by atoms with E-state index in [-0.39, 0.29) is 5.75 Å². The van der Waals surface area contributed by atoms with Crippen LogP contribution in [-0.2, 0) is 0 Å². The third kappa shape index (κ3) is 3.06. The zero-order valence-corrected chi connectivity index (χ0v) is 11.4. The van der Waals surface area contributed by atoms with Gasteiger partial charge in [-0.1, -0.05) is 35.5 Å². The monoisotopic (exact) mass is 298 g/mol. The molecule has 0 radical (unpaired) electrons. The number of nitrogens with zero attached hydrogens (tertiary/aromatic N) is 4. The molecule has 0 aliphatic heterocycles. The van der Waals surface area contributed by atoms with Crippen LogP contribution in [-0.4, -0.2) is 26.8 Å². The minimum absolute atomic E-state index is 0.127. The van der Waals surface area contributed by atoms with Crippen LogP contribution in [0.4, 0.5) is 5.69 Å². The number of benzene rings is 2. The van der Waals surface area contributed by atoms with Crippen LogP contribution in [0.2, 0.25) is 5.02 Å². The number of hydrogen-bond acceptors (Lipinski definition) is 5. The van der Waals surface area contributed by atoms with Crippen molar-refractivity contribution in [1.82, 2.24) is 20.6 Å². The summed E-state index contributed by atoms with van der Waals surface area (Å²) in [6.45, 7) is 0. The summed E-state index contributed by atoms with van der Waals surface area (Å²) >= 11 is 5.86. The van der Waals surface area contributed by atoms with Crippen LogP contribution >= 0.6 is 11.6 Å². The summed E-state index contributed by atoms with van der Waals surface area (Å²) in [5, 5.41) is 25.9. The van der Waals surface area contributed by atoms with E-state index >= 15 is 0 Å². The summed E-state index contributed by atoms with van der Waals surface area (Å²) in [6.07, 6.45) is 1.49. The van der Waals surface area contributed by atoms with Crippen molar-refractivity contribution in [3.8, 4) is 17.1 Å². The number of aromatic amines is 1. The highest BCUT2D eigenvalue weighted by molar-refractivity contribution is 6.30. The lowest BCUT2D eigenvalue weighted by molar-refractivity contribution is -0.268. The van der Waals surface area contributed by atoms with E-state index in [9.17, 15) is 5.11 Å². The van der Waals surface area contributed by atoms with Crippen LogP contribution in [0.25, 0.3) is 11.4 Å². The normalized spacial score (nSPS) is 11.1. The number of rotatable bonds is 3. The van der Waals surface area contributed by atoms with Crippen molar-refractivity contribution in [3.05, 3.63) is 53.1 Å². The van der Waals surface area contributed by atoms with Gasteiger partial charge in [-0.05, 0) is 35.0 Å². The number of halogens is 1. The molecule has 3 aromatic rings. The molecule has 0 fully saturated rings.